The molecular weight excluding hydrogens is 144 g/mol. The van der Waals surface area contributed by atoms with E-state index in [0.29, 0.717) is 6.42 Å². The molecule has 0 unspecified atom stereocenters. The number of hydrogen-bond donors (Lipinski definition) is 0. The fourth-order valence-corrected chi connectivity index (χ4v) is 0.555. The monoisotopic (exact) mass is 156 g/mol. The minimum Gasteiger partial charge on any atom is -0.469 e. The van der Waals surface area contributed by atoms with Crippen LogP contribution in [0.1, 0.15) is 19.8 Å². The summed E-state index contributed by atoms with van der Waals surface area (Å²) in [5.74, 6) is -0.588. The molecule has 0 aliphatic rings. The van der Waals surface area contributed by atoms with Crippen molar-refractivity contribution in [1.82, 2.24) is 0 Å². The van der Waals surface area contributed by atoms with Gasteiger partial charge in [0.15, 0.2) is 0 Å². The third kappa shape index (κ3) is 5.33. The van der Waals surface area contributed by atoms with Crippen molar-refractivity contribution >= 4 is 11.8 Å². The Labute approximate surface area is 66.0 Å². The van der Waals surface area contributed by atoms with Crippen molar-refractivity contribution in [2.75, 3.05) is 7.11 Å². The maximum absolute atomic E-state index is 10.8. The number of ketones is 1. The van der Waals surface area contributed by atoms with Crippen molar-refractivity contribution in [1.29, 1.82) is 0 Å². The van der Waals surface area contributed by atoms with Gasteiger partial charge in [0.25, 0.3) is 0 Å². The molecule has 0 atom stereocenters. The van der Waals surface area contributed by atoms with Crippen LogP contribution in [0.15, 0.2) is 12.2 Å². The number of carbonyl (C=O) groups is 2. The van der Waals surface area contributed by atoms with Crippen molar-refractivity contribution in [3.63, 3.8) is 0 Å². The number of hydrogen-bond acceptors (Lipinski definition) is 3. The van der Waals surface area contributed by atoms with Crippen LogP contribution < -0.4 is 0 Å². The van der Waals surface area contributed by atoms with E-state index in [4.69, 9.17) is 0 Å². The lowest BCUT2D eigenvalue weighted by molar-refractivity contribution is -0.143. The third-order valence-corrected chi connectivity index (χ3v) is 1.15. The molecular formula is C8H12O3. The topological polar surface area (TPSA) is 43.4 Å². The number of carbonyl (C=O) groups excluding carboxylic acids is 2. The highest BCUT2D eigenvalue weighted by Gasteiger charge is 2.06. The predicted octanol–water partition coefficient (Wildman–Crippen LogP) is 1.08. The van der Waals surface area contributed by atoms with Crippen molar-refractivity contribution in [2.45, 2.75) is 19.8 Å². The zero-order valence-corrected chi connectivity index (χ0v) is 6.79. The first kappa shape index (κ1) is 9.88. The molecule has 0 aromatic heterocycles. The molecule has 0 aromatic carbocycles. The summed E-state index contributed by atoms with van der Waals surface area (Å²) in [7, 11) is 1.27. The Kier molecular flexibility index (Phi) is 5.07. The van der Waals surface area contributed by atoms with Crippen molar-refractivity contribution < 1.29 is 14.3 Å². The fraction of sp³-hybridized carbons (Fsp3) is 0.500. The molecule has 3 nitrogen and oxygen atoms in total. The second-order valence-electron chi connectivity index (χ2n) is 2.06. The highest BCUT2D eigenvalue weighted by atomic mass is 16.5. The number of rotatable bonds is 4. The van der Waals surface area contributed by atoms with E-state index in [2.05, 4.69) is 4.74 Å². The molecule has 0 bridgehead atoms. The van der Waals surface area contributed by atoms with Crippen LogP contribution in [0, 0.1) is 0 Å². The second kappa shape index (κ2) is 5.65. The first-order valence-electron chi connectivity index (χ1n) is 3.40. The molecule has 0 amide bonds. The van der Waals surface area contributed by atoms with Gasteiger partial charge in [0.2, 0.25) is 0 Å². The van der Waals surface area contributed by atoms with E-state index in [9.17, 15) is 9.59 Å². The van der Waals surface area contributed by atoms with E-state index in [-0.39, 0.29) is 12.2 Å². The summed E-state index contributed by atoms with van der Waals surface area (Å²) in [6.07, 6.45) is 3.67. The van der Waals surface area contributed by atoms with Gasteiger partial charge in [0.1, 0.15) is 12.2 Å². The van der Waals surface area contributed by atoms with E-state index < -0.39 is 5.97 Å². The summed E-state index contributed by atoms with van der Waals surface area (Å²) in [6.45, 7) is 1.82. The average molecular weight is 156 g/mol. The van der Waals surface area contributed by atoms with E-state index in [1.807, 2.05) is 6.92 Å². The van der Waals surface area contributed by atoms with Crippen LogP contribution in [0.4, 0.5) is 0 Å². The quantitative estimate of drug-likeness (QED) is 0.347. The highest BCUT2D eigenvalue weighted by Crippen LogP contribution is 1.93. The SMILES string of the molecule is C/C=C\CC(=O)CC(=O)OC. The van der Waals surface area contributed by atoms with Gasteiger partial charge in [-0.1, -0.05) is 12.2 Å². The Morgan fingerprint density at radius 3 is 2.55 bits per heavy atom. The lowest BCUT2D eigenvalue weighted by Gasteiger charge is -1.94. The van der Waals surface area contributed by atoms with Crippen LogP contribution in [0.5, 0.6) is 0 Å². The lowest BCUT2D eigenvalue weighted by atomic mass is 10.2. The molecule has 11 heavy (non-hydrogen) atoms. The molecule has 0 aromatic rings. The first-order valence-corrected chi connectivity index (χ1v) is 3.40. The summed E-state index contributed by atoms with van der Waals surface area (Å²) in [5.41, 5.74) is 0. The number of methoxy groups -OCH3 is 1. The van der Waals surface area contributed by atoms with Crippen LogP contribution in [-0.4, -0.2) is 18.9 Å². The second-order valence-corrected chi connectivity index (χ2v) is 2.06. The van der Waals surface area contributed by atoms with Crippen molar-refractivity contribution in [3.8, 4) is 0 Å². The Balaban J connectivity index is 3.60. The van der Waals surface area contributed by atoms with Gasteiger partial charge < -0.3 is 4.74 Å². The van der Waals surface area contributed by atoms with E-state index in [1.54, 1.807) is 12.2 Å². The molecule has 0 saturated carbocycles. The van der Waals surface area contributed by atoms with E-state index in [1.165, 1.54) is 7.11 Å². The number of allylic oxidation sites excluding steroid dienone is 2. The summed E-state index contributed by atoms with van der Waals surface area (Å²) >= 11 is 0. The largest absolute Gasteiger partial charge is 0.469 e. The smallest absolute Gasteiger partial charge is 0.313 e. The molecule has 3 heteroatoms. The van der Waals surface area contributed by atoms with Crippen LogP contribution in [0.25, 0.3) is 0 Å². The molecule has 0 saturated heterocycles. The molecule has 62 valence electrons. The van der Waals surface area contributed by atoms with E-state index in [0.717, 1.165) is 0 Å². The summed E-state index contributed by atoms with van der Waals surface area (Å²) in [5, 5.41) is 0. The van der Waals surface area contributed by atoms with E-state index >= 15 is 0 Å². The Morgan fingerprint density at radius 2 is 2.09 bits per heavy atom. The molecule has 0 N–H and O–H groups in total. The number of Topliss-reactive ketones (excluding diaryl/α,β-unsaturated/α-hetero) is 1. The summed E-state index contributed by atoms with van der Waals surface area (Å²) in [6, 6.07) is 0. The van der Waals surface area contributed by atoms with Gasteiger partial charge >= 0.3 is 5.97 Å². The van der Waals surface area contributed by atoms with Gasteiger partial charge in [-0.3, -0.25) is 9.59 Å². The molecule has 0 heterocycles. The Hall–Kier alpha value is -1.12. The molecule has 0 fully saturated rings. The zero-order chi connectivity index (χ0) is 8.69. The van der Waals surface area contributed by atoms with Gasteiger partial charge in [-0.25, -0.2) is 0 Å². The van der Waals surface area contributed by atoms with Gasteiger partial charge in [-0.2, -0.15) is 0 Å². The van der Waals surface area contributed by atoms with Crippen molar-refractivity contribution in [3.05, 3.63) is 12.2 Å². The highest BCUT2D eigenvalue weighted by molar-refractivity contribution is 5.96. The zero-order valence-electron chi connectivity index (χ0n) is 6.79. The standard InChI is InChI=1S/C8H12O3/c1-3-4-5-7(9)6-8(10)11-2/h3-4H,5-6H2,1-2H3/b4-3-. The molecule has 0 radical (unpaired) electrons. The van der Waals surface area contributed by atoms with Crippen LogP contribution in [0.2, 0.25) is 0 Å². The Morgan fingerprint density at radius 1 is 1.45 bits per heavy atom. The predicted molar refractivity (Wildman–Crippen MR) is 41.1 cm³/mol. The molecule has 0 rings (SSSR count). The normalized spacial score (nSPS) is 10.0. The lowest BCUT2D eigenvalue weighted by Crippen LogP contribution is -2.07. The summed E-state index contributed by atoms with van der Waals surface area (Å²) < 4.78 is 4.32. The molecule has 0 spiro atoms. The Bertz CT molecular complexity index is 170. The van der Waals surface area contributed by atoms with Crippen LogP contribution in [0.3, 0.4) is 0 Å². The number of esters is 1. The van der Waals surface area contributed by atoms with Crippen LogP contribution in [-0.2, 0) is 14.3 Å². The fourth-order valence-electron chi connectivity index (χ4n) is 0.555. The van der Waals surface area contributed by atoms with Gasteiger partial charge in [-0.15, -0.1) is 0 Å². The molecule has 0 aliphatic carbocycles. The molecule has 0 aliphatic heterocycles. The minimum atomic E-state index is -0.473. The van der Waals surface area contributed by atoms with Crippen molar-refractivity contribution in [2.24, 2.45) is 0 Å². The third-order valence-electron chi connectivity index (χ3n) is 1.15. The maximum atomic E-state index is 10.8. The number of ether oxygens (including phenoxy) is 1. The summed E-state index contributed by atoms with van der Waals surface area (Å²) in [4.78, 5) is 21.3. The maximum Gasteiger partial charge on any atom is 0.313 e. The minimum absolute atomic E-state index is 0.116. The van der Waals surface area contributed by atoms with Gasteiger partial charge in [0.05, 0.1) is 7.11 Å². The van der Waals surface area contributed by atoms with Crippen LogP contribution >= 0.6 is 0 Å². The van der Waals surface area contributed by atoms with Gasteiger partial charge in [-0.05, 0) is 6.92 Å². The average Bonchev–Trinajstić information content (AvgIpc) is 2.00. The van der Waals surface area contributed by atoms with Gasteiger partial charge in [0, 0.05) is 6.42 Å². The first-order chi connectivity index (χ1) is 5.20.